The van der Waals surface area contributed by atoms with E-state index in [1.54, 1.807) is 26.0 Å². The van der Waals surface area contributed by atoms with E-state index in [1.807, 2.05) is 0 Å². The first kappa shape index (κ1) is 28.6. The number of hydrogen-bond donors (Lipinski definition) is 6. The second kappa shape index (κ2) is 12.9. The number of carboxylic acids is 1. The highest BCUT2D eigenvalue weighted by molar-refractivity contribution is 5.94. The van der Waals surface area contributed by atoms with Crippen LogP contribution in [0.15, 0.2) is 24.3 Å². The average Bonchev–Trinajstić information content (AvgIpc) is 3.31. The minimum atomic E-state index is -1.19. The number of carbonyl (C=O) groups is 5. The first-order valence-electron chi connectivity index (χ1n) is 11.9. The number of carbonyl (C=O) groups excluding carboxylic acids is 4. The van der Waals surface area contributed by atoms with Crippen LogP contribution in [0.1, 0.15) is 45.1 Å². The van der Waals surface area contributed by atoms with Gasteiger partial charge >= 0.3 is 5.97 Å². The summed E-state index contributed by atoms with van der Waals surface area (Å²) in [6.07, 6.45) is 0.661. The largest absolute Gasteiger partial charge is 0.508 e. The molecule has 1 fully saturated rings. The Balaban J connectivity index is 2.11. The van der Waals surface area contributed by atoms with Gasteiger partial charge in [-0.25, -0.2) is 4.79 Å². The van der Waals surface area contributed by atoms with Gasteiger partial charge in [-0.3, -0.25) is 19.2 Å². The standard InChI is InChI=1S/C24H35N5O7/c1-13(2)20(28-21(32)16(25)12-14-5-7-15(30)8-6-14)22(33)27-17(9-10-19(26)31)23(34)29-11-3-4-18(29)24(35)36/h5-8,13,16-18,20,30H,3-4,9-12,25H2,1-2H3,(H2,26,31)(H,27,33)(H,28,32)(H,35,36). The highest BCUT2D eigenvalue weighted by Crippen LogP contribution is 2.20. The molecule has 198 valence electrons. The minimum Gasteiger partial charge on any atom is -0.508 e. The van der Waals surface area contributed by atoms with Crippen LogP contribution in [-0.4, -0.2) is 75.4 Å². The Morgan fingerprint density at radius 1 is 1.08 bits per heavy atom. The Kier molecular flexibility index (Phi) is 10.2. The van der Waals surface area contributed by atoms with Crippen molar-refractivity contribution in [1.82, 2.24) is 15.5 Å². The van der Waals surface area contributed by atoms with Gasteiger partial charge in [0.05, 0.1) is 6.04 Å². The maximum atomic E-state index is 13.1. The molecule has 0 saturated carbocycles. The lowest BCUT2D eigenvalue weighted by Crippen LogP contribution is -2.58. The Bertz CT molecular complexity index is 966. The molecule has 0 spiro atoms. The van der Waals surface area contributed by atoms with Gasteiger partial charge in [0.1, 0.15) is 23.9 Å². The van der Waals surface area contributed by atoms with Crippen molar-refractivity contribution >= 4 is 29.6 Å². The van der Waals surface area contributed by atoms with Gasteiger partial charge in [-0.1, -0.05) is 26.0 Å². The van der Waals surface area contributed by atoms with Gasteiger partial charge in [-0.15, -0.1) is 0 Å². The summed E-state index contributed by atoms with van der Waals surface area (Å²) in [5, 5.41) is 24.0. The second-order valence-electron chi connectivity index (χ2n) is 9.30. The lowest BCUT2D eigenvalue weighted by molar-refractivity contribution is -0.149. The van der Waals surface area contributed by atoms with Crippen LogP contribution in [0.3, 0.4) is 0 Å². The Hall–Kier alpha value is -3.67. The maximum absolute atomic E-state index is 13.1. The molecule has 4 unspecified atom stereocenters. The monoisotopic (exact) mass is 505 g/mol. The molecule has 0 aromatic heterocycles. The van der Waals surface area contributed by atoms with Crippen LogP contribution in [0.5, 0.6) is 5.75 Å². The average molecular weight is 506 g/mol. The smallest absolute Gasteiger partial charge is 0.326 e. The number of primary amides is 1. The number of rotatable bonds is 12. The van der Waals surface area contributed by atoms with E-state index in [0.29, 0.717) is 12.8 Å². The first-order chi connectivity index (χ1) is 16.9. The predicted molar refractivity (Wildman–Crippen MR) is 129 cm³/mol. The summed E-state index contributed by atoms with van der Waals surface area (Å²) >= 11 is 0. The van der Waals surface area contributed by atoms with E-state index in [4.69, 9.17) is 11.5 Å². The zero-order valence-electron chi connectivity index (χ0n) is 20.5. The quantitative estimate of drug-likeness (QED) is 0.212. The second-order valence-corrected chi connectivity index (χ2v) is 9.30. The number of amides is 4. The van der Waals surface area contributed by atoms with E-state index < -0.39 is 53.8 Å². The molecule has 1 aliphatic rings. The molecule has 1 saturated heterocycles. The molecular formula is C24H35N5O7. The number of nitrogens with one attached hydrogen (secondary N) is 2. The summed E-state index contributed by atoms with van der Waals surface area (Å²) in [5.74, 6) is -3.97. The molecule has 0 bridgehead atoms. The van der Waals surface area contributed by atoms with Crippen molar-refractivity contribution in [3.63, 3.8) is 0 Å². The van der Waals surface area contributed by atoms with Crippen LogP contribution >= 0.6 is 0 Å². The number of aromatic hydroxyl groups is 1. The summed E-state index contributed by atoms with van der Waals surface area (Å²) < 4.78 is 0. The highest BCUT2D eigenvalue weighted by atomic mass is 16.4. The topological polar surface area (TPSA) is 205 Å². The number of nitrogens with two attached hydrogens (primary N) is 2. The lowest BCUT2D eigenvalue weighted by atomic mass is 10.00. The normalized spacial score (nSPS) is 17.8. The number of aliphatic carboxylic acids is 1. The van der Waals surface area contributed by atoms with E-state index >= 15 is 0 Å². The fourth-order valence-corrected chi connectivity index (χ4v) is 4.07. The number of phenols is 1. The number of hydrogen-bond acceptors (Lipinski definition) is 7. The van der Waals surface area contributed by atoms with Gasteiger partial charge in [-0.2, -0.15) is 0 Å². The van der Waals surface area contributed by atoms with Gasteiger partial charge < -0.3 is 37.2 Å². The van der Waals surface area contributed by atoms with E-state index in [9.17, 15) is 34.2 Å². The molecule has 36 heavy (non-hydrogen) atoms. The van der Waals surface area contributed by atoms with Crippen LogP contribution in [0, 0.1) is 5.92 Å². The first-order valence-corrected chi connectivity index (χ1v) is 11.9. The fourth-order valence-electron chi connectivity index (χ4n) is 4.07. The number of benzene rings is 1. The molecule has 1 heterocycles. The van der Waals surface area contributed by atoms with Crippen LogP contribution in [0.25, 0.3) is 0 Å². The third kappa shape index (κ3) is 7.94. The van der Waals surface area contributed by atoms with Gasteiger partial charge in [0.2, 0.25) is 23.6 Å². The molecule has 4 amide bonds. The zero-order valence-corrected chi connectivity index (χ0v) is 20.5. The minimum absolute atomic E-state index is 0.0809. The molecule has 0 radical (unpaired) electrons. The Morgan fingerprint density at radius 3 is 2.28 bits per heavy atom. The third-order valence-electron chi connectivity index (χ3n) is 6.09. The molecule has 8 N–H and O–H groups in total. The molecule has 1 aromatic carbocycles. The van der Waals surface area contributed by atoms with E-state index in [-0.39, 0.29) is 37.5 Å². The maximum Gasteiger partial charge on any atom is 0.326 e. The zero-order chi connectivity index (χ0) is 27.0. The SMILES string of the molecule is CC(C)C(NC(=O)C(N)Cc1ccc(O)cc1)C(=O)NC(CCC(N)=O)C(=O)N1CCCC1C(=O)O. The number of nitrogens with zero attached hydrogens (tertiary/aromatic N) is 1. The van der Waals surface area contributed by atoms with Gasteiger partial charge in [-0.05, 0) is 49.3 Å². The lowest BCUT2D eigenvalue weighted by Gasteiger charge is -2.29. The van der Waals surface area contributed by atoms with Gasteiger partial charge in [0.25, 0.3) is 0 Å². The van der Waals surface area contributed by atoms with Crippen molar-refractivity contribution in [3.05, 3.63) is 29.8 Å². The van der Waals surface area contributed by atoms with E-state index in [1.165, 1.54) is 17.0 Å². The van der Waals surface area contributed by atoms with Crippen LogP contribution < -0.4 is 22.1 Å². The van der Waals surface area contributed by atoms with E-state index in [2.05, 4.69) is 10.6 Å². The summed E-state index contributed by atoms with van der Waals surface area (Å²) in [4.78, 5) is 63.0. The molecule has 2 rings (SSSR count). The summed E-state index contributed by atoms with van der Waals surface area (Å²) in [7, 11) is 0. The van der Waals surface area contributed by atoms with Crippen LogP contribution in [0.2, 0.25) is 0 Å². The Labute approximate surface area is 209 Å². The molecular weight excluding hydrogens is 470 g/mol. The molecule has 1 aliphatic heterocycles. The van der Waals surface area contributed by atoms with Crippen LogP contribution in [-0.2, 0) is 30.4 Å². The van der Waals surface area contributed by atoms with Crippen molar-refractivity contribution < 1.29 is 34.2 Å². The summed E-state index contributed by atoms with van der Waals surface area (Å²) in [6, 6.07) is 2.00. The highest BCUT2D eigenvalue weighted by Gasteiger charge is 2.38. The molecule has 12 heteroatoms. The van der Waals surface area contributed by atoms with Gasteiger partial charge in [0.15, 0.2) is 0 Å². The number of phenolic OH excluding ortho intramolecular Hbond substituents is 1. The predicted octanol–water partition coefficient (Wildman–Crippen LogP) is -0.771. The molecule has 12 nitrogen and oxygen atoms in total. The van der Waals surface area contributed by atoms with Gasteiger partial charge in [0, 0.05) is 13.0 Å². The van der Waals surface area contributed by atoms with Crippen LogP contribution in [0.4, 0.5) is 0 Å². The van der Waals surface area contributed by atoms with Crippen molar-refractivity contribution in [2.45, 2.75) is 70.1 Å². The van der Waals surface area contributed by atoms with Crippen molar-refractivity contribution in [3.8, 4) is 5.75 Å². The third-order valence-corrected chi connectivity index (χ3v) is 6.09. The fraction of sp³-hybridized carbons (Fsp3) is 0.542. The molecule has 0 aliphatic carbocycles. The summed E-state index contributed by atoms with van der Waals surface area (Å²) in [5.41, 5.74) is 12.0. The molecule has 1 aromatic rings. The van der Waals surface area contributed by atoms with E-state index in [0.717, 1.165) is 5.56 Å². The number of likely N-dealkylation sites (tertiary alicyclic amines) is 1. The van der Waals surface area contributed by atoms with Crippen molar-refractivity contribution in [2.75, 3.05) is 6.54 Å². The van der Waals surface area contributed by atoms with Crippen molar-refractivity contribution in [1.29, 1.82) is 0 Å². The Morgan fingerprint density at radius 2 is 1.72 bits per heavy atom. The number of carboxylic acid groups (broad SMARTS) is 1. The van der Waals surface area contributed by atoms with Crippen molar-refractivity contribution in [2.24, 2.45) is 17.4 Å². The molecule has 4 atom stereocenters. The summed E-state index contributed by atoms with van der Waals surface area (Å²) in [6.45, 7) is 3.63.